The predicted molar refractivity (Wildman–Crippen MR) is 95.9 cm³/mol. The molecular formula is C19H19N3O4. The second-order valence-corrected chi connectivity index (χ2v) is 6.32. The van der Waals surface area contributed by atoms with E-state index in [0.717, 1.165) is 11.1 Å². The topological polar surface area (TPSA) is 98.7 Å². The van der Waals surface area contributed by atoms with E-state index < -0.39 is 17.9 Å². The fraction of sp³-hybridized carbons (Fsp3) is 0.211. The van der Waals surface area contributed by atoms with Gasteiger partial charge in [-0.1, -0.05) is 29.8 Å². The average Bonchev–Trinajstić information content (AvgIpc) is 2.59. The number of rotatable bonds is 4. The number of carboxylic acid groups (broad SMARTS) is 1. The molecule has 3 rings (SSSR count). The number of aryl methyl sites for hydroxylation is 1. The summed E-state index contributed by atoms with van der Waals surface area (Å²) in [4.78, 5) is 37.3. The lowest BCUT2D eigenvalue weighted by atomic mass is 10.0. The zero-order valence-electron chi connectivity index (χ0n) is 14.4. The average molecular weight is 353 g/mol. The molecule has 1 atom stereocenters. The first-order valence-electron chi connectivity index (χ1n) is 8.10. The minimum Gasteiger partial charge on any atom is -0.479 e. The van der Waals surface area contributed by atoms with Gasteiger partial charge in [0.05, 0.1) is 0 Å². The van der Waals surface area contributed by atoms with Crippen LogP contribution >= 0.6 is 0 Å². The number of hydrogen-bond acceptors (Lipinski definition) is 3. The Morgan fingerprint density at radius 3 is 2.69 bits per heavy atom. The number of benzene rings is 2. The lowest BCUT2D eigenvalue weighted by Gasteiger charge is -2.26. The summed E-state index contributed by atoms with van der Waals surface area (Å²) in [6, 6.07) is 10.5. The Hall–Kier alpha value is -3.35. The molecule has 1 heterocycles. The molecule has 0 bridgehead atoms. The molecule has 7 nitrogen and oxygen atoms in total. The molecule has 3 amide bonds. The number of carbonyl (C=O) groups is 3. The molecule has 134 valence electrons. The highest BCUT2D eigenvalue weighted by atomic mass is 16.4. The Labute approximate surface area is 150 Å². The third kappa shape index (κ3) is 3.51. The zero-order valence-corrected chi connectivity index (χ0v) is 14.4. The third-order valence-electron chi connectivity index (χ3n) is 4.26. The lowest BCUT2D eigenvalue weighted by molar-refractivity contribution is -0.139. The molecule has 0 radical (unpaired) electrons. The molecule has 0 fully saturated rings. The predicted octanol–water partition coefficient (Wildman–Crippen LogP) is 2.53. The fourth-order valence-electron chi connectivity index (χ4n) is 2.88. The van der Waals surface area contributed by atoms with E-state index in [4.69, 9.17) is 0 Å². The first kappa shape index (κ1) is 17.5. The molecule has 0 saturated carbocycles. The van der Waals surface area contributed by atoms with Gasteiger partial charge in [-0.3, -0.25) is 4.79 Å². The number of carbonyl (C=O) groups excluding carboxylic acids is 2. The van der Waals surface area contributed by atoms with Crippen molar-refractivity contribution in [2.45, 2.75) is 19.5 Å². The van der Waals surface area contributed by atoms with Gasteiger partial charge in [-0.05, 0) is 36.2 Å². The summed E-state index contributed by atoms with van der Waals surface area (Å²) < 4.78 is 0. The van der Waals surface area contributed by atoms with E-state index in [1.54, 1.807) is 43.4 Å². The van der Waals surface area contributed by atoms with E-state index in [-0.39, 0.29) is 6.03 Å². The van der Waals surface area contributed by atoms with Crippen LogP contribution in [0.4, 0.5) is 10.5 Å². The van der Waals surface area contributed by atoms with Crippen LogP contribution in [0.5, 0.6) is 0 Å². The SMILES string of the molecule is Cc1cccc(C(NC(=O)c2ccc3c(c2)CN(C)C(=O)N3)C(=O)O)c1. The Kier molecular flexibility index (Phi) is 4.62. The molecule has 7 heteroatoms. The summed E-state index contributed by atoms with van der Waals surface area (Å²) in [7, 11) is 1.66. The normalized spacial score (nSPS) is 14.2. The summed E-state index contributed by atoms with van der Waals surface area (Å²) in [5, 5.41) is 14.8. The maximum Gasteiger partial charge on any atom is 0.330 e. The number of anilines is 1. The number of nitrogens with zero attached hydrogens (tertiary/aromatic N) is 1. The first-order chi connectivity index (χ1) is 12.3. The maximum atomic E-state index is 12.6. The smallest absolute Gasteiger partial charge is 0.330 e. The van der Waals surface area contributed by atoms with E-state index in [1.165, 1.54) is 4.90 Å². The monoisotopic (exact) mass is 353 g/mol. The van der Waals surface area contributed by atoms with E-state index in [2.05, 4.69) is 10.6 Å². The van der Waals surface area contributed by atoms with Crippen LogP contribution in [0, 0.1) is 6.92 Å². The number of fused-ring (bicyclic) bond motifs is 1. The van der Waals surface area contributed by atoms with Crippen molar-refractivity contribution in [1.82, 2.24) is 10.2 Å². The molecule has 0 aromatic heterocycles. The van der Waals surface area contributed by atoms with Crippen LogP contribution in [0.2, 0.25) is 0 Å². The number of amides is 3. The number of aliphatic carboxylic acids is 1. The number of carboxylic acids is 1. The number of hydrogen-bond donors (Lipinski definition) is 3. The van der Waals surface area contributed by atoms with Crippen LogP contribution in [-0.2, 0) is 11.3 Å². The third-order valence-corrected chi connectivity index (χ3v) is 4.26. The van der Waals surface area contributed by atoms with Gasteiger partial charge in [0, 0.05) is 24.8 Å². The van der Waals surface area contributed by atoms with E-state index in [1.807, 2.05) is 13.0 Å². The second kappa shape index (κ2) is 6.87. The Morgan fingerprint density at radius 1 is 1.23 bits per heavy atom. The molecule has 26 heavy (non-hydrogen) atoms. The van der Waals surface area contributed by atoms with Crippen LogP contribution in [0.3, 0.4) is 0 Å². The van der Waals surface area contributed by atoms with Gasteiger partial charge < -0.3 is 20.6 Å². The van der Waals surface area contributed by atoms with Crippen molar-refractivity contribution in [1.29, 1.82) is 0 Å². The molecule has 0 spiro atoms. The fourth-order valence-corrected chi connectivity index (χ4v) is 2.88. The summed E-state index contributed by atoms with van der Waals surface area (Å²) in [5.74, 6) is -1.62. The van der Waals surface area contributed by atoms with Crippen molar-refractivity contribution in [3.05, 3.63) is 64.7 Å². The quantitative estimate of drug-likeness (QED) is 0.786. The van der Waals surface area contributed by atoms with Crippen molar-refractivity contribution < 1.29 is 19.5 Å². The molecule has 1 unspecified atom stereocenters. The summed E-state index contributed by atoms with van der Waals surface area (Å²) in [6.07, 6.45) is 0. The van der Waals surface area contributed by atoms with Crippen molar-refractivity contribution in [2.75, 3.05) is 12.4 Å². The molecule has 1 aliphatic rings. The second-order valence-electron chi connectivity index (χ2n) is 6.32. The lowest BCUT2D eigenvalue weighted by Crippen LogP contribution is -2.36. The van der Waals surface area contributed by atoms with Crippen LogP contribution in [0.1, 0.15) is 33.1 Å². The minimum atomic E-state index is -1.14. The van der Waals surface area contributed by atoms with Crippen molar-refractivity contribution in [2.24, 2.45) is 0 Å². The standard InChI is InChI=1S/C19H19N3O4/c1-11-4-3-5-12(8-11)16(18(24)25)21-17(23)13-6-7-15-14(9-13)10-22(2)19(26)20-15/h3-9,16H,10H2,1-2H3,(H,20,26)(H,21,23)(H,24,25). The molecule has 3 N–H and O–H groups in total. The molecule has 0 aliphatic carbocycles. The van der Waals surface area contributed by atoms with Crippen LogP contribution in [-0.4, -0.2) is 35.0 Å². The number of nitrogens with one attached hydrogen (secondary N) is 2. The van der Waals surface area contributed by atoms with Gasteiger partial charge in [0.15, 0.2) is 6.04 Å². The largest absolute Gasteiger partial charge is 0.479 e. The Bertz CT molecular complexity index is 894. The Morgan fingerprint density at radius 2 is 2.00 bits per heavy atom. The van der Waals surface area contributed by atoms with E-state index >= 15 is 0 Å². The van der Waals surface area contributed by atoms with Crippen LogP contribution < -0.4 is 10.6 Å². The molecule has 2 aromatic carbocycles. The van der Waals surface area contributed by atoms with Gasteiger partial charge in [-0.2, -0.15) is 0 Å². The number of urea groups is 1. The van der Waals surface area contributed by atoms with Gasteiger partial charge in [0.1, 0.15) is 0 Å². The van der Waals surface area contributed by atoms with Gasteiger partial charge in [-0.15, -0.1) is 0 Å². The molecular weight excluding hydrogens is 334 g/mol. The summed E-state index contributed by atoms with van der Waals surface area (Å²) in [5.41, 5.74) is 3.21. The van der Waals surface area contributed by atoms with Gasteiger partial charge in [0.25, 0.3) is 5.91 Å². The van der Waals surface area contributed by atoms with E-state index in [9.17, 15) is 19.5 Å². The first-order valence-corrected chi connectivity index (χ1v) is 8.10. The highest BCUT2D eigenvalue weighted by Crippen LogP contribution is 2.24. The van der Waals surface area contributed by atoms with E-state index in [0.29, 0.717) is 23.4 Å². The van der Waals surface area contributed by atoms with Gasteiger partial charge in [0.2, 0.25) is 0 Å². The van der Waals surface area contributed by atoms with Crippen molar-refractivity contribution in [3.63, 3.8) is 0 Å². The van der Waals surface area contributed by atoms with Crippen molar-refractivity contribution >= 4 is 23.6 Å². The molecule has 2 aromatic rings. The minimum absolute atomic E-state index is 0.208. The Balaban J connectivity index is 1.83. The zero-order chi connectivity index (χ0) is 18.8. The molecule has 0 saturated heterocycles. The maximum absolute atomic E-state index is 12.6. The summed E-state index contributed by atoms with van der Waals surface area (Å²) in [6.45, 7) is 2.24. The van der Waals surface area contributed by atoms with Gasteiger partial charge >= 0.3 is 12.0 Å². The van der Waals surface area contributed by atoms with Crippen molar-refractivity contribution in [3.8, 4) is 0 Å². The summed E-state index contributed by atoms with van der Waals surface area (Å²) >= 11 is 0. The molecule has 1 aliphatic heterocycles. The van der Waals surface area contributed by atoms with Crippen LogP contribution in [0.25, 0.3) is 0 Å². The van der Waals surface area contributed by atoms with Gasteiger partial charge in [-0.25, -0.2) is 9.59 Å². The highest BCUT2D eigenvalue weighted by molar-refractivity contribution is 5.99. The highest BCUT2D eigenvalue weighted by Gasteiger charge is 2.24. The van der Waals surface area contributed by atoms with Crippen LogP contribution in [0.15, 0.2) is 42.5 Å².